The number of hydrazine groups is 1. The predicted octanol–water partition coefficient (Wildman–Crippen LogP) is 1.43. The van der Waals surface area contributed by atoms with Gasteiger partial charge in [-0.1, -0.05) is 12.1 Å². The summed E-state index contributed by atoms with van der Waals surface area (Å²) in [5.74, 6) is -1.22. The molecule has 0 unspecified atom stereocenters. The molecule has 7 nitrogen and oxygen atoms in total. The van der Waals surface area contributed by atoms with E-state index in [9.17, 15) is 14.4 Å². The van der Waals surface area contributed by atoms with Crippen molar-refractivity contribution in [3.63, 3.8) is 0 Å². The maximum Gasteiger partial charge on any atom is 0.429 e. The van der Waals surface area contributed by atoms with E-state index in [2.05, 4.69) is 0 Å². The molecule has 2 rings (SSSR count). The fourth-order valence-electron chi connectivity index (χ4n) is 2.08. The Balaban J connectivity index is 2.33. The Hall–Kier alpha value is -2.41. The topological polar surface area (TPSA) is 87.2 Å². The molecule has 118 valence electrons. The van der Waals surface area contributed by atoms with Crippen molar-refractivity contribution >= 4 is 17.9 Å². The number of hydrogen-bond donors (Lipinski definition) is 1. The van der Waals surface area contributed by atoms with E-state index in [1.54, 1.807) is 32.9 Å². The SMILES string of the molecule is CC(C)(C)OC(=O)N(CCO)N1C(=O)c2ccccc2C1=O. The lowest BCUT2D eigenvalue weighted by Gasteiger charge is -2.31. The van der Waals surface area contributed by atoms with Gasteiger partial charge in [-0.15, -0.1) is 0 Å². The van der Waals surface area contributed by atoms with E-state index >= 15 is 0 Å². The molecule has 0 radical (unpaired) electrons. The zero-order valence-electron chi connectivity index (χ0n) is 12.7. The number of aliphatic hydroxyl groups is 1. The van der Waals surface area contributed by atoms with Crippen LogP contribution in [0.2, 0.25) is 0 Å². The number of rotatable bonds is 3. The van der Waals surface area contributed by atoms with Crippen molar-refractivity contribution in [2.45, 2.75) is 26.4 Å². The van der Waals surface area contributed by atoms with Crippen LogP contribution in [-0.2, 0) is 4.74 Å². The van der Waals surface area contributed by atoms with E-state index in [0.29, 0.717) is 0 Å². The number of hydrogen-bond acceptors (Lipinski definition) is 5. The fourth-order valence-corrected chi connectivity index (χ4v) is 2.08. The molecule has 0 spiro atoms. The van der Waals surface area contributed by atoms with Gasteiger partial charge in [0.2, 0.25) is 0 Å². The van der Waals surface area contributed by atoms with E-state index in [0.717, 1.165) is 10.0 Å². The molecule has 7 heteroatoms. The first-order chi connectivity index (χ1) is 10.3. The summed E-state index contributed by atoms with van der Waals surface area (Å²) in [6.07, 6.45) is -0.865. The summed E-state index contributed by atoms with van der Waals surface area (Å²) in [5.41, 5.74) is -0.346. The molecule has 1 aromatic rings. The highest BCUT2D eigenvalue weighted by Gasteiger charge is 2.42. The fraction of sp³-hybridized carbons (Fsp3) is 0.400. The third kappa shape index (κ3) is 2.94. The number of nitrogens with zero attached hydrogens (tertiary/aromatic N) is 2. The van der Waals surface area contributed by atoms with Gasteiger partial charge in [0.15, 0.2) is 0 Å². The molecule has 0 atom stereocenters. The Morgan fingerprint density at radius 3 is 2.09 bits per heavy atom. The van der Waals surface area contributed by atoms with Gasteiger partial charge in [-0.3, -0.25) is 9.59 Å². The molecule has 0 saturated carbocycles. The molecule has 22 heavy (non-hydrogen) atoms. The highest BCUT2D eigenvalue weighted by Crippen LogP contribution is 2.25. The monoisotopic (exact) mass is 306 g/mol. The maximum atomic E-state index is 12.4. The summed E-state index contributed by atoms with van der Waals surface area (Å²) in [6, 6.07) is 6.30. The lowest BCUT2D eigenvalue weighted by atomic mass is 10.1. The summed E-state index contributed by atoms with van der Waals surface area (Å²) in [7, 11) is 0. The van der Waals surface area contributed by atoms with Crippen LogP contribution in [0.15, 0.2) is 24.3 Å². The lowest BCUT2D eigenvalue weighted by Crippen LogP contribution is -2.52. The number of carbonyl (C=O) groups is 3. The summed E-state index contributed by atoms with van der Waals surface area (Å²) in [5, 5.41) is 10.7. The van der Waals surface area contributed by atoms with Crippen LogP contribution >= 0.6 is 0 Å². The molecule has 3 amide bonds. The maximum absolute atomic E-state index is 12.4. The first-order valence-electron chi connectivity index (χ1n) is 6.85. The van der Waals surface area contributed by atoms with E-state index in [4.69, 9.17) is 9.84 Å². The second-order valence-corrected chi connectivity index (χ2v) is 5.79. The van der Waals surface area contributed by atoms with E-state index < -0.39 is 30.1 Å². The number of imide groups is 1. The Morgan fingerprint density at radius 2 is 1.68 bits per heavy atom. The largest absolute Gasteiger partial charge is 0.442 e. The molecule has 1 aliphatic heterocycles. The molecule has 1 aliphatic rings. The average Bonchev–Trinajstić information content (AvgIpc) is 2.67. The van der Waals surface area contributed by atoms with Crippen molar-refractivity contribution in [3.8, 4) is 0 Å². The van der Waals surface area contributed by atoms with E-state index in [1.807, 2.05) is 0 Å². The van der Waals surface area contributed by atoms with Crippen molar-refractivity contribution in [2.75, 3.05) is 13.2 Å². The van der Waals surface area contributed by atoms with Crippen LogP contribution in [0.1, 0.15) is 41.5 Å². The summed E-state index contributed by atoms with van der Waals surface area (Å²) < 4.78 is 5.19. The van der Waals surface area contributed by atoms with Crippen molar-refractivity contribution < 1.29 is 24.2 Å². The van der Waals surface area contributed by atoms with Crippen molar-refractivity contribution in [2.24, 2.45) is 0 Å². The van der Waals surface area contributed by atoms with Crippen LogP contribution in [0, 0.1) is 0 Å². The van der Waals surface area contributed by atoms with Crippen LogP contribution in [-0.4, -0.2) is 51.8 Å². The van der Waals surface area contributed by atoms with Gasteiger partial charge in [0.05, 0.1) is 24.3 Å². The Labute approximate surface area is 128 Å². The summed E-state index contributed by atoms with van der Waals surface area (Å²) >= 11 is 0. The second kappa shape index (κ2) is 5.76. The van der Waals surface area contributed by atoms with Gasteiger partial charge >= 0.3 is 6.09 Å². The van der Waals surface area contributed by atoms with Gasteiger partial charge < -0.3 is 9.84 Å². The van der Waals surface area contributed by atoms with Crippen LogP contribution < -0.4 is 0 Å². The van der Waals surface area contributed by atoms with Crippen LogP contribution in [0.3, 0.4) is 0 Å². The predicted molar refractivity (Wildman–Crippen MR) is 77.0 cm³/mol. The molecule has 0 bridgehead atoms. The number of carbonyl (C=O) groups excluding carboxylic acids is 3. The van der Waals surface area contributed by atoms with Crippen LogP contribution in [0.5, 0.6) is 0 Å². The molecule has 0 aliphatic carbocycles. The third-order valence-corrected chi connectivity index (χ3v) is 2.93. The van der Waals surface area contributed by atoms with Gasteiger partial charge in [-0.25, -0.2) is 9.80 Å². The van der Waals surface area contributed by atoms with Crippen molar-refractivity contribution in [1.82, 2.24) is 10.0 Å². The molecule has 0 aromatic heterocycles. The van der Waals surface area contributed by atoms with Gasteiger partial charge in [0, 0.05) is 0 Å². The minimum atomic E-state index is -0.865. The molecule has 1 N–H and O–H groups in total. The minimum absolute atomic E-state index is 0.221. The van der Waals surface area contributed by atoms with E-state index in [1.165, 1.54) is 12.1 Å². The van der Waals surface area contributed by atoms with Crippen molar-refractivity contribution in [3.05, 3.63) is 35.4 Å². The molecular weight excluding hydrogens is 288 g/mol. The Kier molecular flexibility index (Phi) is 4.18. The molecule has 1 aromatic carbocycles. The molecular formula is C15H18N2O5. The summed E-state index contributed by atoms with van der Waals surface area (Å²) in [4.78, 5) is 37.0. The Morgan fingerprint density at radius 1 is 1.18 bits per heavy atom. The van der Waals surface area contributed by atoms with Crippen LogP contribution in [0.4, 0.5) is 4.79 Å². The first kappa shape index (κ1) is 16.0. The quantitative estimate of drug-likeness (QED) is 0.854. The molecule has 0 fully saturated rings. The minimum Gasteiger partial charge on any atom is -0.442 e. The van der Waals surface area contributed by atoms with Crippen LogP contribution in [0.25, 0.3) is 0 Å². The molecule has 0 saturated heterocycles. The molecule has 1 heterocycles. The first-order valence-corrected chi connectivity index (χ1v) is 6.85. The van der Waals surface area contributed by atoms with Crippen molar-refractivity contribution in [1.29, 1.82) is 0 Å². The third-order valence-electron chi connectivity index (χ3n) is 2.93. The number of aliphatic hydroxyl groups excluding tert-OH is 1. The van der Waals surface area contributed by atoms with E-state index in [-0.39, 0.29) is 17.7 Å². The smallest absolute Gasteiger partial charge is 0.429 e. The number of fused-ring (bicyclic) bond motifs is 1. The second-order valence-electron chi connectivity index (χ2n) is 5.79. The standard InChI is InChI=1S/C15H18N2O5/c1-15(2,3)22-14(21)16(8-9-18)17-12(19)10-6-4-5-7-11(10)13(17)20/h4-7,18H,8-9H2,1-3H3. The highest BCUT2D eigenvalue weighted by atomic mass is 16.6. The number of amides is 3. The lowest BCUT2D eigenvalue weighted by molar-refractivity contribution is -0.0329. The highest BCUT2D eigenvalue weighted by molar-refractivity contribution is 6.21. The Bertz CT molecular complexity index is 586. The zero-order valence-corrected chi connectivity index (χ0v) is 12.7. The van der Waals surface area contributed by atoms with Gasteiger partial charge in [0.1, 0.15) is 5.60 Å². The summed E-state index contributed by atoms with van der Waals surface area (Å²) in [6.45, 7) is 4.38. The number of benzene rings is 1. The zero-order chi connectivity index (χ0) is 16.5. The van der Waals surface area contributed by atoms with Gasteiger partial charge in [-0.2, -0.15) is 5.01 Å². The van der Waals surface area contributed by atoms with Gasteiger partial charge in [-0.05, 0) is 32.9 Å². The normalized spacial score (nSPS) is 14.1. The average molecular weight is 306 g/mol. The number of ether oxygens (including phenoxy) is 1. The van der Waals surface area contributed by atoms with Gasteiger partial charge in [0.25, 0.3) is 11.8 Å².